The average Bonchev–Trinajstić information content (AvgIpc) is 3.26. The maximum absolute atomic E-state index is 12.1. The number of carbonyl (C=O) groups is 3. The van der Waals surface area contributed by atoms with Crippen LogP contribution in [0.4, 0.5) is 4.79 Å². The van der Waals surface area contributed by atoms with E-state index < -0.39 is 17.8 Å². The molecule has 2 aromatic rings. The van der Waals surface area contributed by atoms with Crippen LogP contribution in [-0.2, 0) is 16.1 Å². The minimum Gasteiger partial charge on any atom is -0.333 e. The third-order valence-corrected chi connectivity index (χ3v) is 4.34. The van der Waals surface area contributed by atoms with Gasteiger partial charge in [-0.2, -0.15) is 11.3 Å². The molecular weight excluding hydrogens is 332 g/mol. The predicted molar refractivity (Wildman–Crippen MR) is 85.4 cm³/mol. The summed E-state index contributed by atoms with van der Waals surface area (Å²) in [6, 6.07) is 1.30. The van der Waals surface area contributed by atoms with Crippen molar-refractivity contribution in [2.45, 2.75) is 13.5 Å². The second-order valence-electron chi connectivity index (χ2n) is 5.14. The largest absolute Gasteiger partial charge is 0.333 e. The lowest BCUT2D eigenvalue weighted by Crippen LogP contribution is -2.58. The summed E-state index contributed by atoms with van der Waals surface area (Å²) in [4.78, 5) is 38.2. The first-order chi connectivity index (χ1) is 11.6. The van der Waals surface area contributed by atoms with Gasteiger partial charge in [-0.3, -0.25) is 14.5 Å². The van der Waals surface area contributed by atoms with Gasteiger partial charge >= 0.3 is 17.8 Å². The molecule has 3 heterocycles. The van der Waals surface area contributed by atoms with E-state index in [1.54, 1.807) is 29.1 Å². The fourth-order valence-corrected chi connectivity index (χ4v) is 2.95. The first-order valence-corrected chi connectivity index (χ1v) is 8.37. The van der Waals surface area contributed by atoms with E-state index in [-0.39, 0.29) is 13.1 Å². The Hall–Kier alpha value is -2.75. The highest BCUT2D eigenvalue weighted by Crippen LogP contribution is 2.11. The van der Waals surface area contributed by atoms with E-state index in [4.69, 9.17) is 0 Å². The maximum Gasteiger partial charge on any atom is 0.324 e. The number of nitrogens with zero attached hydrogens (tertiary/aromatic N) is 5. The van der Waals surface area contributed by atoms with Crippen molar-refractivity contribution in [2.24, 2.45) is 0 Å². The van der Waals surface area contributed by atoms with Crippen LogP contribution in [0, 0.1) is 0 Å². The molecule has 24 heavy (non-hydrogen) atoms. The highest BCUT2D eigenvalue weighted by molar-refractivity contribution is 7.08. The van der Waals surface area contributed by atoms with Gasteiger partial charge in [0.1, 0.15) is 5.69 Å². The van der Waals surface area contributed by atoms with E-state index in [9.17, 15) is 14.4 Å². The van der Waals surface area contributed by atoms with Crippen LogP contribution in [0.15, 0.2) is 23.0 Å². The molecule has 0 atom stereocenters. The van der Waals surface area contributed by atoms with E-state index in [1.165, 1.54) is 4.90 Å². The van der Waals surface area contributed by atoms with Gasteiger partial charge in [0.15, 0.2) is 0 Å². The quantitative estimate of drug-likeness (QED) is 0.797. The number of imide groups is 1. The third-order valence-electron chi connectivity index (χ3n) is 3.67. The zero-order chi connectivity index (χ0) is 17.1. The SMILES string of the molecule is CCN1CCN(C(=O)NCc2cn(-c3ccsc3)nn2)C(=O)C1=O. The summed E-state index contributed by atoms with van der Waals surface area (Å²) in [6.07, 6.45) is 1.70. The molecule has 3 rings (SSSR count). The van der Waals surface area contributed by atoms with Gasteiger partial charge in [0.2, 0.25) is 0 Å². The molecule has 9 nitrogen and oxygen atoms in total. The zero-order valence-corrected chi connectivity index (χ0v) is 13.8. The van der Waals surface area contributed by atoms with Crippen LogP contribution in [0.5, 0.6) is 0 Å². The van der Waals surface area contributed by atoms with E-state index in [0.29, 0.717) is 18.8 Å². The van der Waals surface area contributed by atoms with Gasteiger partial charge in [-0.05, 0) is 18.4 Å². The Kier molecular flexibility index (Phi) is 4.56. The Bertz CT molecular complexity index is 756. The number of rotatable bonds is 4. The smallest absolute Gasteiger partial charge is 0.324 e. The molecule has 10 heteroatoms. The van der Waals surface area contributed by atoms with Crippen LogP contribution in [0.3, 0.4) is 0 Å². The summed E-state index contributed by atoms with van der Waals surface area (Å²) in [5, 5.41) is 14.4. The summed E-state index contributed by atoms with van der Waals surface area (Å²) >= 11 is 1.54. The fourth-order valence-electron chi connectivity index (χ4n) is 2.32. The Morgan fingerprint density at radius 1 is 1.33 bits per heavy atom. The number of hydrogen-bond acceptors (Lipinski definition) is 6. The highest BCUT2D eigenvalue weighted by Gasteiger charge is 2.35. The van der Waals surface area contributed by atoms with Crippen molar-refractivity contribution < 1.29 is 14.4 Å². The number of likely N-dealkylation sites (N-methyl/N-ethyl adjacent to an activating group) is 1. The molecule has 0 aromatic carbocycles. The summed E-state index contributed by atoms with van der Waals surface area (Å²) in [5.74, 6) is -1.45. The molecule has 0 unspecified atom stereocenters. The Balaban J connectivity index is 1.58. The minimum absolute atomic E-state index is 0.123. The Morgan fingerprint density at radius 2 is 2.17 bits per heavy atom. The number of nitrogens with one attached hydrogen (secondary N) is 1. The summed E-state index contributed by atoms with van der Waals surface area (Å²) < 4.78 is 1.60. The van der Waals surface area contributed by atoms with Gasteiger partial charge in [0.25, 0.3) is 0 Å². The van der Waals surface area contributed by atoms with Crippen LogP contribution in [0.25, 0.3) is 5.69 Å². The first-order valence-electron chi connectivity index (χ1n) is 7.42. The van der Waals surface area contributed by atoms with Crippen LogP contribution in [0.1, 0.15) is 12.6 Å². The standard InChI is InChI=1S/C14H16N6O3S/c1-2-18-4-5-19(13(22)12(18)21)14(23)15-7-10-8-20(17-16-10)11-3-6-24-9-11/h3,6,8-9H,2,4-5,7H2,1H3,(H,15,23). The number of hydrogen-bond donors (Lipinski definition) is 1. The number of thiophene rings is 1. The first kappa shape index (κ1) is 16.1. The van der Waals surface area contributed by atoms with Crippen LogP contribution in [-0.4, -0.2) is 62.3 Å². The molecule has 0 saturated carbocycles. The molecule has 0 bridgehead atoms. The Morgan fingerprint density at radius 3 is 2.88 bits per heavy atom. The molecule has 0 aliphatic carbocycles. The molecule has 1 fully saturated rings. The van der Waals surface area contributed by atoms with E-state index in [0.717, 1.165) is 10.6 Å². The molecule has 1 aliphatic heterocycles. The van der Waals surface area contributed by atoms with Crippen molar-refractivity contribution in [3.05, 3.63) is 28.7 Å². The molecule has 0 spiro atoms. The molecule has 1 saturated heterocycles. The van der Waals surface area contributed by atoms with Gasteiger partial charge in [-0.1, -0.05) is 5.21 Å². The Labute approximate surface area is 141 Å². The summed E-state index contributed by atoms with van der Waals surface area (Å²) in [6.45, 7) is 2.90. The van der Waals surface area contributed by atoms with Crippen LogP contribution < -0.4 is 5.32 Å². The monoisotopic (exact) mass is 348 g/mol. The number of carbonyl (C=O) groups excluding carboxylic acids is 3. The number of aromatic nitrogens is 3. The molecule has 126 valence electrons. The van der Waals surface area contributed by atoms with Crippen LogP contribution >= 0.6 is 11.3 Å². The second kappa shape index (κ2) is 6.79. The molecule has 1 N–H and O–H groups in total. The van der Waals surface area contributed by atoms with E-state index >= 15 is 0 Å². The van der Waals surface area contributed by atoms with Gasteiger partial charge in [0, 0.05) is 25.0 Å². The van der Waals surface area contributed by atoms with Gasteiger partial charge in [0.05, 0.1) is 18.4 Å². The van der Waals surface area contributed by atoms with Gasteiger partial charge < -0.3 is 10.2 Å². The number of amides is 4. The van der Waals surface area contributed by atoms with Gasteiger partial charge in [-0.15, -0.1) is 5.10 Å². The lowest BCUT2D eigenvalue weighted by Gasteiger charge is -2.31. The van der Waals surface area contributed by atoms with Gasteiger partial charge in [-0.25, -0.2) is 9.48 Å². The highest BCUT2D eigenvalue weighted by atomic mass is 32.1. The summed E-state index contributed by atoms with van der Waals surface area (Å²) in [5.41, 5.74) is 1.45. The second-order valence-corrected chi connectivity index (χ2v) is 5.92. The lowest BCUT2D eigenvalue weighted by molar-refractivity contribution is -0.153. The van der Waals surface area contributed by atoms with Crippen molar-refractivity contribution >= 4 is 29.2 Å². The zero-order valence-electron chi connectivity index (χ0n) is 13.0. The third kappa shape index (κ3) is 3.13. The summed E-state index contributed by atoms with van der Waals surface area (Å²) in [7, 11) is 0. The van der Waals surface area contributed by atoms with Crippen molar-refractivity contribution in [2.75, 3.05) is 19.6 Å². The van der Waals surface area contributed by atoms with E-state index in [1.807, 2.05) is 16.8 Å². The van der Waals surface area contributed by atoms with Crippen LogP contribution in [0.2, 0.25) is 0 Å². The van der Waals surface area contributed by atoms with Crippen molar-refractivity contribution in [3.63, 3.8) is 0 Å². The topological polar surface area (TPSA) is 100 Å². The van der Waals surface area contributed by atoms with Crippen molar-refractivity contribution in [3.8, 4) is 5.69 Å². The fraction of sp³-hybridized carbons (Fsp3) is 0.357. The van der Waals surface area contributed by atoms with Crippen molar-refractivity contribution in [1.29, 1.82) is 0 Å². The molecule has 0 radical (unpaired) electrons. The number of urea groups is 1. The molecule has 4 amide bonds. The van der Waals surface area contributed by atoms with Crippen molar-refractivity contribution in [1.82, 2.24) is 30.1 Å². The predicted octanol–water partition coefficient (Wildman–Crippen LogP) is 0.229. The molecule has 2 aromatic heterocycles. The molecule has 1 aliphatic rings. The molecular formula is C14H16N6O3S. The average molecular weight is 348 g/mol. The van der Waals surface area contributed by atoms with E-state index in [2.05, 4.69) is 15.6 Å². The number of piperazine rings is 1. The maximum atomic E-state index is 12.1. The normalized spacial score (nSPS) is 15.0. The lowest BCUT2D eigenvalue weighted by atomic mass is 10.3. The minimum atomic E-state index is -0.803.